The first-order valence-electron chi connectivity index (χ1n) is 9.38. The van der Waals surface area contributed by atoms with Gasteiger partial charge in [0.25, 0.3) is 5.91 Å². The molecule has 10 heteroatoms. The van der Waals surface area contributed by atoms with Crippen LogP contribution in [-0.4, -0.2) is 65.3 Å². The Hall–Kier alpha value is -2.72. The molecule has 0 unspecified atom stereocenters. The molecule has 1 atom stereocenters. The molecule has 1 aromatic carbocycles. The molecule has 1 aromatic heterocycles. The van der Waals surface area contributed by atoms with Gasteiger partial charge in [-0.15, -0.1) is 0 Å². The fraction of sp³-hybridized carbons (Fsp3) is 0.421. The standard InChI is InChI=1S/C19H22N4O5S/c1-13-6-5-9-22(13)19(25)18-15-10-21(11-17(24)28-2)29(26,27)16-8-4-3-7-14(16)23(15)12-20-18/h3-4,7-8,12-13H,5-6,9-11H2,1-2H3/t13-/m0/s1. The molecule has 0 radical (unpaired) electrons. The van der Waals surface area contributed by atoms with Crippen molar-refractivity contribution < 1.29 is 22.7 Å². The van der Waals surface area contributed by atoms with E-state index < -0.39 is 22.5 Å². The van der Waals surface area contributed by atoms with E-state index in [0.29, 0.717) is 17.9 Å². The van der Waals surface area contributed by atoms with Crippen molar-refractivity contribution in [2.75, 3.05) is 20.2 Å². The Morgan fingerprint density at radius 1 is 1.28 bits per heavy atom. The summed E-state index contributed by atoms with van der Waals surface area (Å²) in [5.41, 5.74) is 1.04. The molecule has 1 amide bonds. The lowest BCUT2D eigenvalue weighted by Gasteiger charge is -2.22. The number of imidazole rings is 1. The van der Waals surface area contributed by atoms with E-state index >= 15 is 0 Å². The average Bonchev–Trinajstić information content (AvgIpc) is 3.31. The molecule has 2 aliphatic heterocycles. The van der Waals surface area contributed by atoms with Gasteiger partial charge in [0, 0.05) is 12.6 Å². The molecule has 0 aliphatic carbocycles. The Morgan fingerprint density at radius 2 is 2.03 bits per heavy atom. The molecule has 0 N–H and O–H groups in total. The monoisotopic (exact) mass is 418 g/mol. The van der Waals surface area contributed by atoms with Crippen molar-refractivity contribution >= 4 is 21.9 Å². The minimum atomic E-state index is -3.98. The number of ether oxygens (including phenoxy) is 1. The van der Waals surface area contributed by atoms with Gasteiger partial charge in [0.15, 0.2) is 5.69 Å². The molecule has 9 nitrogen and oxygen atoms in total. The van der Waals surface area contributed by atoms with E-state index in [1.54, 1.807) is 27.7 Å². The van der Waals surface area contributed by atoms with Gasteiger partial charge in [0.05, 0.1) is 25.0 Å². The van der Waals surface area contributed by atoms with Gasteiger partial charge in [0.1, 0.15) is 17.8 Å². The highest BCUT2D eigenvalue weighted by Crippen LogP contribution is 2.32. The number of para-hydroxylation sites is 1. The highest BCUT2D eigenvalue weighted by Gasteiger charge is 2.37. The van der Waals surface area contributed by atoms with Gasteiger partial charge in [-0.1, -0.05) is 12.1 Å². The normalized spacial score (nSPS) is 20.6. The van der Waals surface area contributed by atoms with E-state index in [4.69, 9.17) is 0 Å². The van der Waals surface area contributed by atoms with Crippen LogP contribution in [0.25, 0.3) is 5.69 Å². The van der Waals surface area contributed by atoms with Crippen LogP contribution in [0.3, 0.4) is 0 Å². The number of nitrogens with zero attached hydrogens (tertiary/aromatic N) is 4. The zero-order chi connectivity index (χ0) is 20.8. The minimum Gasteiger partial charge on any atom is -0.468 e. The molecule has 3 heterocycles. The zero-order valence-corrected chi connectivity index (χ0v) is 17.1. The first-order valence-corrected chi connectivity index (χ1v) is 10.8. The number of carbonyl (C=O) groups excluding carboxylic acids is 2. The van der Waals surface area contributed by atoms with Crippen molar-refractivity contribution in [2.24, 2.45) is 0 Å². The lowest BCUT2D eigenvalue weighted by molar-refractivity contribution is -0.140. The van der Waals surface area contributed by atoms with Crippen LogP contribution in [0, 0.1) is 0 Å². The predicted octanol–water partition coefficient (Wildman–Crippen LogP) is 1.17. The van der Waals surface area contributed by atoms with Gasteiger partial charge in [-0.2, -0.15) is 4.31 Å². The largest absolute Gasteiger partial charge is 0.468 e. The Morgan fingerprint density at radius 3 is 2.72 bits per heavy atom. The molecule has 0 bridgehead atoms. The number of sulfonamides is 1. The second-order valence-electron chi connectivity index (χ2n) is 7.22. The van der Waals surface area contributed by atoms with Gasteiger partial charge >= 0.3 is 5.97 Å². The molecule has 2 aliphatic rings. The maximum absolute atomic E-state index is 13.2. The summed E-state index contributed by atoms with van der Waals surface area (Å²) < 4.78 is 33.8. The SMILES string of the molecule is COC(=O)CN1Cc2c(C(=O)N3CCC[C@@H]3C)ncn2-c2ccccc2S1(=O)=O. The first-order chi connectivity index (χ1) is 13.8. The first kappa shape index (κ1) is 19.6. The number of rotatable bonds is 3. The van der Waals surface area contributed by atoms with Gasteiger partial charge in [-0.05, 0) is 31.9 Å². The number of fused-ring (bicyclic) bond motifs is 3. The zero-order valence-electron chi connectivity index (χ0n) is 16.2. The third-order valence-electron chi connectivity index (χ3n) is 5.48. The summed E-state index contributed by atoms with van der Waals surface area (Å²) in [5.74, 6) is -0.904. The number of carbonyl (C=O) groups is 2. The van der Waals surface area contributed by atoms with E-state index in [1.807, 2.05) is 6.92 Å². The molecule has 2 aromatic rings. The number of hydrogen-bond acceptors (Lipinski definition) is 6. The van der Waals surface area contributed by atoms with Crippen LogP contribution in [0.1, 0.15) is 35.9 Å². The van der Waals surface area contributed by atoms with Gasteiger partial charge in [0.2, 0.25) is 10.0 Å². The van der Waals surface area contributed by atoms with Crippen LogP contribution in [0.4, 0.5) is 0 Å². The molecule has 0 spiro atoms. The molecule has 1 saturated heterocycles. The van der Waals surface area contributed by atoms with Gasteiger partial charge < -0.3 is 9.64 Å². The Balaban J connectivity index is 1.85. The molecule has 154 valence electrons. The van der Waals surface area contributed by atoms with Crippen LogP contribution in [0.2, 0.25) is 0 Å². The summed E-state index contributed by atoms with van der Waals surface area (Å²) in [7, 11) is -2.77. The molecule has 4 rings (SSSR count). The predicted molar refractivity (Wildman–Crippen MR) is 103 cm³/mol. The second-order valence-corrected chi connectivity index (χ2v) is 9.12. The maximum Gasteiger partial charge on any atom is 0.321 e. The molecular weight excluding hydrogens is 396 g/mol. The summed E-state index contributed by atoms with van der Waals surface area (Å²) in [4.78, 5) is 31.2. The lowest BCUT2D eigenvalue weighted by atomic mass is 10.2. The van der Waals surface area contributed by atoms with Crippen LogP contribution < -0.4 is 0 Å². The van der Waals surface area contributed by atoms with Crippen LogP contribution in [0.5, 0.6) is 0 Å². The topological polar surface area (TPSA) is 102 Å². The van der Waals surface area contributed by atoms with Crippen LogP contribution >= 0.6 is 0 Å². The van der Waals surface area contributed by atoms with Crippen LogP contribution in [-0.2, 0) is 26.1 Å². The molecular formula is C19H22N4O5S. The molecule has 29 heavy (non-hydrogen) atoms. The third-order valence-corrected chi connectivity index (χ3v) is 7.32. The Kier molecular flexibility index (Phi) is 4.91. The minimum absolute atomic E-state index is 0.0496. The number of amides is 1. The summed E-state index contributed by atoms with van der Waals surface area (Å²) >= 11 is 0. The second kappa shape index (κ2) is 7.27. The van der Waals surface area contributed by atoms with Crippen molar-refractivity contribution in [3.8, 4) is 5.69 Å². The van der Waals surface area contributed by atoms with E-state index in [2.05, 4.69) is 9.72 Å². The third kappa shape index (κ3) is 3.22. The summed E-state index contributed by atoms with van der Waals surface area (Å²) in [5, 5.41) is 0. The van der Waals surface area contributed by atoms with Gasteiger partial charge in [-0.25, -0.2) is 13.4 Å². The highest BCUT2D eigenvalue weighted by atomic mass is 32.2. The maximum atomic E-state index is 13.2. The van der Waals surface area contributed by atoms with E-state index in [1.165, 1.54) is 19.5 Å². The molecule has 1 fully saturated rings. The van der Waals surface area contributed by atoms with E-state index in [0.717, 1.165) is 17.1 Å². The quantitative estimate of drug-likeness (QED) is 0.694. The fourth-order valence-electron chi connectivity index (χ4n) is 3.90. The number of esters is 1. The van der Waals surface area contributed by atoms with Crippen molar-refractivity contribution in [3.63, 3.8) is 0 Å². The Labute approximate surface area is 168 Å². The summed E-state index contributed by atoms with van der Waals surface area (Å²) in [6, 6.07) is 6.58. The van der Waals surface area contributed by atoms with Gasteiger partial charge in [-0.3, -0.25) is 14.2 Å². The number of methoxy groups -OCH3 is 1. The Bertz CT molecular complexity index is 1080. The average molecular weight is 418 g/mol. The number of benzene rings is 1. The van der Waals surface area contributed by atoms with Crippen LogP contribution in [0.15, 0.2) is 35.5 Å². The smallest absolute Gasteiger partial charge is 0.321 e. The van der Waals surface area contributed by atoms with E-state index in [9.17, 15) is 18.0 Å². The highest BCUT2D eigenvalue weighted by molar-refractivity contribution is 7.89. The van der Waals surface area contributed by atoms with Crippen molar-refractivity contribution in [1.82, 2.24) is 18.8 Å². The van der Waals surface area contributed by atoms with E-state index in [-0.39, 0.29) is 29.1 Å². The molecule has 0 saturated carbocycles. The van der Waals surface area contributed by atoms with Crippen molar-refractivity contribution in [1.29, 1.82) is 0 Å². The van der Waals surface area contributed by atoms with Crippen molar-refractivity contribution in [2.45, 2.75) is 37.2 Å². The number of aromatic nitrogens is 2. The number of hydrogen-bond donors (Lipinski definition) is 0. The fourth-order valence-corrected chi connectivity index (χ4v) is 5.42. The summed E-state index contributed by atoms with van der Waals surface area (Å²) in [6.07, 6.45) is 3.32. The number of likely N-dealkylation sites (tertiary alicyclic amines) is 1. The lowest BCUT2D eigenvalue weighted by Crippen LogP contribution is -2.37. The summed E-state index contributed by atoms with van der Waals surface area (Å²) in [6.45, 7) is 2.03. The van der Waals surface area contributed by atoms with Crippen molar-refractivity contribution in [3.05, 3.63) is 42.0 Å².